The number of alkyl halides is 1. The molecule has 0 unspecified atom stereocenters. The molecule has 1 aromatic carbocycles. The fraction of sp³-hybridized carbons (Fsp3) is 0.143. The Labute approximate surface area is 91.4 Å². The number of benzene rings is 1. The third kappa shape index (κ3) is 2.29. The van der Waals surface area contributed by atoms with Gasteiger partial charge in [-0.05, 0) is 50.7 Å². The fourth-order valence-corrected chi connectivity index (χ4v) is 1.69. The molecule has 0 N–H and O–H groups in total. The van der Waals surface area contributed by atoms with Crippen molar-refractivity contribution in [3.05, 3.63) is 31.6 Å². The van der Waals surface area contributed by atoms with Gasteiger partial charge in [-0.25, -0.2) is 4.39 Å². The second kappa shape index (κ2) is 4.05. The minimum Gasteiger partial charge on any atom is -0.207 e. The first kappa shape index (κ1) is 9.74. The number of hydrogen-bond acceptors (Lipinski definition) is 0. The quantitative estimate of drug-likeness (QED) is 0.409. The zero-order chi connectivity index (χ0) is 8.43. The van der Waals surface area contributed by atoms with Gasteiger partial charge in [-0.2, -0.15) is 0 Å². The van der Waals surface area contributed by atoms with Gasteiger partial charge in [0, 0.05) is 13.6 Å². The molecule has 0 spiro atoms. The van der Waals surface area contributed by atoms with Crippen LogP contribution in [-0.2, 0) is 5.88 Å². The van der Waals surface area contributed by atoms with E-state index in [4.69, 9.17) is 11.6 Å². The highest BCUT2D eigenvalue weighted by Crippen LogP contribution is 2.23. The van der Waals surface area contributed by atoms with Crippen molar-refractivity contribution in [3.8, 4) is 0 Å². The topological polar surface area (TPSA) is 0 Å². The first-order valence-corrected chi connectivity index (χ1v) is 5.25. The van der Waals surface area contributed by atoms with Gasteiger partial charge in [-0.15, -0.1) is 11.6 Å². The Bertz CT molecular complexity index is 277. The van der Waals surface area contributed by atoms with Gasteiger partial charge in [0.05, 0.1) is 5.88 Å². The van der Waals surface area contributed by atoms with E-state index in [9.17, 15) is 4.39 Å². The third-order valence-corrected chi connectivity index (χ3v) is 3.81. The number of hydrogen-bond donors (Lipinski definition) is 0. The molecule has 0 bridgehead atoms. The lowest BCUT2D eigenvalue weighted by atomic mass is 10.2. The van der Waals surface area contributed by atoms with Crippen LogP contribution in [0.15, 0.2) is 16.6 Å². The summed E-state index contributed by atoms with van der Waals surface area (Å²) in [5.74, 6) is -0.0333. The van der Waals surface area contributed by atoms with E-state index in [1.807, 2.05) is 0 Å². The predicted octanol–water partition coefficient (Wildman–Crippen LogP) is 3.93. The summed E-state index contributed by atoms with van der Waals surface area (Å²) < 4.78 is 14.7. The maximum absolute atomic E-state index is 12.9. The highest BCUT2D eigenvalue weighted by Gasteiger charge is 2.04. The van der Waals surface area contributed by atoms with Crippen LogP contribution in [-0.4, -0.2) is 0 Å². The van der Waals surface area contributed by atoms with Crippen molar-refractivity contribution < 1.29 is 4.39 Å². The Hall–Kier alpha value is 0.650. The molecule has 11 heavy (non-hydrogen) atoms. The summed E-state index contributed by atoms with van der Waals surface area (Å²) in [7, 11) is 0. The van der Waals surface area contributed by atoms with Gasteiger partial charge in [0.1, 0.15) is 5.82 Å². The Morgan fingerprint density at radius 3 is 2.73 bits per heavy atom. The fourth-order valence-electron chi connectivity index (χ4n) is 0.666. The van der Waals surface area contributed by atoms with Gasteiger partial charge in [-0.1, -0.05) is 0 Å². The summed E-state index contributed by atoms with van der Waals surface area (Å²) in [6.45, 7) is 0. The Kier molecular flexibility index (Phi) is 3.58. The van der Waals surface area contributed by atoms with E-state index >= 15 is 0 Å². The first-order chi connectivity index (χ1) is 5.15. The predicted molar refractivity (Wildman–Crippen MR) is 56.4 cm³/mol. The Balaban J connectivity index is 3.21. The standard InChI is InChI=1S/C7H4BrClFI/c8-5-1-4(3-9)6(10)2-7(5)11/h1-2H,3H2. The van der Waals surface area contributed by atoms with Gasteiger partial charge in [0.25, 0.3) is 0 Å². The molecule has 0 aliphatic carbocycles. The van der Waals surface area contributed by atoms with Crippen molar-refractivity contribution in [1.29, 1.82) is 0 Å². The first-order valence-electron chi connectivity index (χ1n) is 2.84. The average molecular weight is 349 g/mol. The minimum absolute atomic E-state index is 0.210. The SMILES string of the molecule is Fc1cc(I)c(Br)cc1CCl. The molecule has 0 saturated carbocycles. The number of halogens is 4. The Morgan fingerprint density at radius 2 is 2.18 bits per heavy atom. The van der Waals surface area contributed by atoms with Crippen LogP contribution in [0.1, 0.15) is 5.56 Å². The second-order valence-electron chi connectivity index (χ2n) is 1.99. The molecule has 0 aliphatic heterocycles. The summed E-state index contributed by atoms with van der Waals surface area (Å²) in [5, 5.41) is 0. The van der Waals surface area contributed by atoms with E-state index in [1.54, 1.807) is 6.07 Å². The lowest BCUT2D eigenvalue weighted by Gasteiger charge is -2.00. The van der Waals surface area contributed by atoms with Crippen LogP contribution in [0.2, 0.25) is 0 Å². The van der Waals surface area contributed by atoms with Crippen molar-refractivity contribution in [3.63, 3.8) is 0 Å². The molecule has 0 fully saturated rings. The molecular weight excluding hydrogens is 345 g/mol. The molecule has 0 saturated heterocycles. The van der Waals surface area contributed by atoms with Gasteiger partial charge < -0.3 is 0 Å². The van der Waals surface area contributed by atoms with Gasteiger partial charge in [0.15, 0.2) is 0 Å². The lowest BCUT2D eigenvalue weighted by molar-refractivity contribution is 0.615. The van der Waals surface area contributed by atoms with Gasteiger partial charge in [0.2, 0.25) is 0 Å². The van der Waals surface area contributed by atoms with Crippen molar-refractivity contribution >= 4 is 50.1 Å². The molecule has 0 heterocycles. The molecule has 0 atom stereocenters. The summed E-state index contributed by atoms with van der Waals surface area (Å²) in [6.07, 6.45) is 0. The van der Waals surface area contributed by atoms with Crippen LogP contribution in [0.4, 0.5) is 4.39 Å². The van der Waals surface area contributed by atoms with Crippen molar-refractivity contribution in [2.75, 3.05) is 0 Å². The summed E-state index contributed by atoms with van der Waals surface area (Å²) in [4.78, 5) is 0. The Morgan fingerprint density at radius 1 is 1.55 bits per heavy atom. The molecular formula is C7H4BrClFI. The zero-order valence-electron chi connectivity index (χ0n) is 5.37. The molecule has 0 radical (unpaired) electrons. The maximum atomic E-state index is 12.9. The molecule has 4 heteroatoms. The largest absolute Gasteiger partial charge is 0.207 e. The molecule has 0 aromatic heterocycles. The van der Waals surface area contributed by atoms with Crippen LogP contribution in [0.25, 0.3) is 0 Å². The highest BCUT2D eigenvalue weighted by molar-refractivity contribution is 14.1. The average Bonchev–Trinajstić information content (AvgIpc) is 1.97. The molecule has 0 aliphatic rings. The van der Waals surface area contributed by atoms with E-state index < -0.39 is 0 Å². The van der Waals surface area contributed by atoms with Gasteiger partial charge in [-0.3, -0.25) is 0 Å². The molecule has 1 rings (SSSR count). The van der Waals surface area contributed by atoms with Crippen molar-refractivity contribution in [2.24, 2.45) is 0 Å². The normalized spacial score (nSPS) is 10.2. The van der Waals surface area contributed by atoms with Crippen molar-refractivity contribution in [1.82, 2.24) is 0 Å². The molecule has 0 amide bonds. The third-order valence-electron chi connectivity index (χ3n) is 1.23. The number of rotatable bonds is 1. The zero-order valence-corrected chi connectivity index (χ0v) is 9.87. The molecule has 60 valence electrons. The summed E-state index contributed by atoms with van der Waals surface area (Å²) in [5.41, 5.74) is 0.527. The maximum Gasteiger partial charge on any atom is 0.128 e. The minimum atomic E-state index is -0.243. The van der Waals surface area contributed by atoms with E-state index in [1.165, 1.54) is 6.07 Å². The van der Waals surface area contributed by atoms with Gasteiger partial charge >= 0.3 is 0 Å². The monoisotopic (exact) mass is 348 g/mol. The summed E-state index contributed by atoms with van der Waals surface area (Å²) in [6, 6.07) is 3.16. The van der Waals surface area contributed by atoms with Crippen LogP contribution in [0.3, 0.4) is 0 Å². The second-order valence-corrected chi connectivity index (χ2v) is 4.28. The lowest BCUT2D eigenvalue weighted by Crippen LogP contribution is -1.88. The van der Waals surface area contributed by atoms with Crippen LogP contribution in [0.5, 0.6) is 0 Å². The molecule has 1 aromatic rings. The van der Waals surface area contributed by atoms with Crippen LogP contribution in [0, 0.1) is 9.39 Å². The van der Waals surface area contributed by atoms with Crippen molar-refractivity contribution in [2.45, 2.75) is 5.88 Å². The molecule has 0 nitrogen and oxygen atoms in total. The van der Waals surface area contributed by atoms with E-state index in [-0.39, 0.29) is 11.7 Å². The van der Waals surface area contributed by atoms with E-state index in [0.717, 1.165) is 8.04 Å². The van der Waals surface area contributed by atoms with Crippen LogP contribution < -0.4 is 0 Å². The van der Waals surface area contributed by atoms with E-state index in [2.05, 4.69) is 38.5 Å². The highest BCUT2D eigenvalue weighted by atomic mass is 127. The van der Waals surface area contributed by atoms with E-state index in [0.29, 0.717) is 5.56 Å². The van der Waals surface area contributed by atoms with Crippen LogP contribution >= 0.6 is 50.1 Å². The smallest absolute Gasteiger partial charge is 0.128 e. The summed E-state index contributed by atoms with van der Waals surface area (Å²) >= 11 is 10.8.